The van der Waals surface area contributed by atoms with Crippen LogP contribution in [0, 0.1) is 0 Å². The molecule has 0 amide bonds. The lowest BCUT2D eigenvalue weighted by Crippen LogP contribution is -2.19. The fourth-order valence-electron chi connectivity index (χ4n) is 1.55. The van der Waals surface area contributed by atoms with Crippen LogP contribution < -0.4 is 0 Å². The molecule has 0 aromatic carbocycles. The number of nitrogens with zero attached hydrogens (tertiary/aromatic N) is 1. The maximum absolute atomic E-state index is 10.0. The Labute approximate surface area is 71.6 Å². The van der Waals surface area contributed by atoms with E-state index in [0.29, 0.717) is 0 Å². The van der Waals surface area contributed by atoms with Gasteiger partial charge in [0.2, 0.25) is 0 Å². The summed E-state index contributed by atoms with van der Waals surface area (Å²) >= 11 is 0. The molecule has 1 N–H and O–H groups in total. The maximum Gasteiger partial charge on any atom is 0.108 e. The van der Waals surface area contributed by atoms with Gasteiger partial charge in [-0.25, -0.2) is 0 Å². The van der Waals surface area contributed by atoms with Gasteiger partial charge in [0.15, 0.2) is 0 Å². The van der Waals surface area contributed by atoms with E-state index >= 15 is 0 Å². The molecule has 12 heavy (non-hydrogen) atoms. The first kappa shape index (κ1) is 7.50. The Morgan fingerprint density at radius 2 is 2.08 bits per heavy atom. The van der Waals surface area contributed by atoms with Crippen LogP contribution in [0.2, 0.25) is 0 Å². The van der Waals surface area contributed by atoms with Crippen molar-refractivity contribution in [1.82, 2.24) is 4.98 Å². The SMILES string of the molecule is OC1(c2ccncc2)C=CCC1. The van der Waals surface area contributed by atoms with Crippen LogP contribution in [-0.2, 0) is 5.60 Å². The minimum Gasteiger partial charge on any atom is -0.381 e. The number of aromatic nitrogens is 1. The van der Waals surface area contributed by atoms with Gasteiger partial charge in [-0.2, -0.15) is 0 Å². The van der Waals surface area contributed by atoms with E-state index < -0.39 is 5.60 Å². The van der Waals surface area contributed by atoms with Crippen molar-refractivity contribution in [3.05, 3.63) is 42.2 Å². The van der Waals surface area contributed by atoms with Crippen LogP contribution in [0.5, 0.6) is 0 Å². The minimum absolute atomic E-state index is 0.733. The summed E-state index contributed by atoms with van der Waals surface area (Å²) < 4.78 is 0. The molecule has 0 fully saturated rings. The van der Waals surface area contributed by atoms with E-state index in [9.17, 15) is 5.11 Å². The summed E-state index contributed by atoms with van der Waals surface area (Å²) in [6, 6.07) is 3.71. The largest absolute Gasteiger partial charge is 0.381 e. The predicted octanol–water partition coefficient (Wildman–Crippen LogP) is 1.62. The van der Waals surface area contributed by atoms with Crippen LogP contribution in [0.4, 0.5) is 0 Å². The van der Waals surface area contributed by atoms with Crippen LogP contribution >= 0.6 is 0 Å². The van der Waals surface area contributed by atoms with Crippen molar-refractivity contribution in [3.8, 4) is 0 Å². The van der Waals surface area contributed by atoms with E-state index in [-0.39, 0.29) is 0 Å². The number of allylic oxidation sites excluding steroid dienone is 1. The molecule has 0 bridgehead atoms. The Morgan fingerprint density at radius 1 is 1.33 bits per heavy atom. The van der Waals surface area contributed by atoms with E-state index in [0.717, 1.165) is 18.4 Å². The van der Waals surface area contributed by atoms with Gasteiger partial charge in [0.05, 0.1) is 0 Å². The summed E-state index contributed by atoms with van der Waals surface area (Å²) in [7, 11) is 0. The minimum atomic E-state index is -0.733. The van der Waals surface area contributed by atoms with Crippen molar-refractivity contribution < 1.29 is 5.11 Å². The molecule has 2 nitrogen and oxygen atoms in total. The van der Waals surface area contributed by atoms with Gasteiger partial charge in [-0.1, -0.05) is 12.2 Å². The molecule has 0 radical (unpaired) electrons. The molecular weight excluding hydrogens is 150 g/mol. The van der Waals surface area contributed by atoms with Gasteiger partial charge in [-0.05, 0) is 30.5 Å². The summed E-state index contributed by atoms with van der Waals surface area (Å²) in [5.74, 6) is 0. The third-order valence-electron chi connectivity index (χ3n) is 2.27. The molecule has 2 rings (SSSR count). The average Bonchev–Trinajstić information content (AvgIpc) is 2.55. The van der Waals surface area contributed by atoms with Crippen molar-refractivity contribution in [2.45, 2.75) is 18.4 Å². The lowest BCUT2D eigenvalue weighted by atomic mass is 9.95. The smallest absolute Gasteiger partial charge is 0.108 e. The monoisotopic (exact) mass is 161 g/mol. The molecular formula is C10H11NO. The van der Waals surface area contributed by atoms with E-state index in [2.05, 4.69) is 4.98 Å². The highest BCUT2D eigenvalue weighted by molar-refractivity contribution is 5.27. The third-order valence-corrected chi connectivity index (χ3v) is 2.27. The van der Waals surface area contributed by atoms with Gasteiger partial charge in [-0.3, -0.25) is 4.98 Å². The Morgan fingerprint density at radius 3 is 2.67 bits per heavy atom. The lowest BCUT2D eigenvalue weighted by molar-refractivity contribution is 0.0894. The number of rotatable bonds is 1. The molecule has 1 aliphatic carbocycles. The molecule has 0 aliphatic heterocycles. The first-order valence-electron chi connectivity index (χ1n) is 4.12. The topological polar surface area (TPSA) is 33.1 Å². The first-order valence-corrected chi connectivity index (χ1v) is 4.12. The van der Waals surface area contributed by atoms with Crippen LogP contribution in [0.15, 0.2) is 36.7 Å². The zero-order valence-corrected chi connectivity index (χ0v) is 6.77. The van der Waals surface area contributed by atoms with Crippen LogP contribution in [-0.4, -0.2) is 10.1 Å². The van der Waals surface area contributed by atoms with Crippen molar-refractivity contribution in [2.75, 3.05) is 0 Å². The van der Waals surface area contributed by atoms with E-state index in [4.69, 9.17) is 0 Å². The fraction of sp³-hybridized carbons (Fsp3) is 0.300. The van der Waals surface area contributed by atoms with Crippen molar-refractivity contribution in [1.29, 1.82) is 0 Å². The third kappa shape index (κ3) is 1.14. The van der Waals surface area contributed by atoms with Crippen molar-refractivity contribution in [2.24, 2.45) is 0 Å². The normalized spacial score (nSPS) is 27.8. The summed E-state index contributed by atoms with van der Waals surface area (Å²) in [4.78, 5) is 3.91. The van der Waals surface area contributed by atoms with Crippen molar-refractivity contribution in [3.63, 3.8) is 0 Å². The molecule has 1 aliphatic rings. The number of pyridine rings is 1. The molecule has 2 heteroatoms. The summed E-state index contributed by atoms with van der Waals surface area (Å²) in [5, 5.41) is 10.0. The predicted molar refractivity (Wildman–Crippen MR) is 46.5 cm³/mol. The molecule has 0 spiro atoms. The number of hydrogen-bond acceptors (Lipinski definition) is 2. The van der Waals surface area contributed by atoms with E-state index in [1.807, 2.05) is 24.3 Å². The van der Waals surface area contributed by atoms with E-state index in [1.54, 1.807) is 12.4 Å². The fourth-order valence-corrected chi connectivity index (χ4v) is 1.55. The Balaban J connectivity index is 2.36. The summed E-state index contributed by atoms with van der Waals surface area (Å²) in [6.45, 7) is 0. The highest BCUT2D eigenvalue weighted by atomic mass is 16.3. The molecule has 0 saturated carbocycles. The van der Waals surface area contributed by atoms with E-state index in [1.165, 1.54) is 0 Å². The van der Waals surface area contributed by atoms with Gasteiger partial charge in [0, 0.05) is 12.4 Å². The first-order chi connectivity index (χ1) is 5.81. The standard InChI is InChI=1S/C10H11NO/c12-10(5-1-2-6-10)9-3-7-11-8-4-9/h1,3-5,7-8,12H,2,6H2. The number of aliphatic hydroxyl groups is 1. The molecule has 1 atom stereocenters. The second-order valence-corrected chi connectivity index (χ2v) is 3.10. The Hall–Kier alpha value is -1.15. The van der Waals surface area contributed by atoms with Crippen molar-refractivity contribution >= 4 is 0 Å². The number of hydrogen-bond donors (Lipinski definition) is 1. The molecule has 1 unspecified atom stereocenters. The second kappa shape index (κ2) is 2.72. The zero-order valence-electron chi connectivity index (χ0n) is 6.77. The molecule has 0 saturated heterocycles. The highest BCUT2D eigenvalue weighted by Gasteiger charge is 2.28. The average molecular weight is 161 g/mol. The van der Waals surface area contributed by atoms with Gasteiger partial charge >= 0.3 is 0 Å². The molecule has 1 aromatic heterocycles. The van der Waals surface area contributed by atoms with Gasteiger partial charge in [-0.15, -0.1) is 0 Å². The summed E-state index contributed by atoms with van der Waals surface area (Å²) in [5.41, 5.74) is 0.203. The van der Waals surface area contributed by atoms with Crippen LogP contribution in [0.1, 0.15) is 18.4 Å². The van der Waals surface area contributed by atoms with Crippen LogP contribution in [0.3, 0.4) is 0 Å². The highest BCUT2D eigenvalue weighted by Crippen LogP contribution is 2.32. The maximum atomic E-state index is 10.0. The zero-order chi connectivity index (χ0) is 8.44. The van der Waals surface area contributed by atoms with Gasteiger partial charge in [0.25, 0.3) is 0 Å². The Bertz CT molecular complexity index is 294. The molecule has 62 valence electrons. The second-order valence-electron chi connectivity index (χ2n) is 3.10. The molecule has 1 heterocycles. The quantitative estimate of drug-likeness (QED) is 0.635. The Kier molecular flexibility index (Phi) is 1.70. The summed E-state index contributed by atoms with van der Waals surface area (Å²) in [6.07, 6.45) is 9.04. The van der Waals surface area contributed by atoms with Gasteiger partial charge < -0.3 is 5.11 Å². The molecule has 1 aromatic rings. The van der Waals surface area contributed by atoms with Gasteiger partial charge in [0.1, 0.15) is 5.60 Å². The van der Waals surface area contributed by atoms with Crippen LogP contribution in [0.25, 0.3) is 0 Å². The lowest BCUT2D eigenvalue weighted by Gasteiger charge is -2.20.